The fraction of sp³-hybridized carbons (Fsp3) is 0.294. The maximum Gasteiger partial charge on any atom is 0.252 e. The molecule has 0 aliphatic carbocycles. The van der Waals surface area contributed by atoms with E-state index >= 15 is 0 Å². The van der Waals surface area contributed by atoms with Crippen LogP contribution in [-0.2, 0) is 23.0 Å². The SMILES string of the molecule is Cc1ccc2c3c([nH]c2c1)CCN(S(=O)(=O)c1ccc(C)s1)C3. The third kappa shape index (κ3) is 2.41. The highest BCUT2D eigenvalue weighted by molar-refractivity contribution is 7.91. The topological polar surface area (TPSA) is 53.2 Å². The maximum absolute atomic E-state index is 12.8. The van der Waals surface area contributed by atoms with Crippen LogP contribution in [0.2, 0.25) is 0 Å². The summed E-state index contributed by atoms with van der Waals surface area (Å²) in [5, 5.41) is 1.13. The number of rotatable bonds is 2. The van der Waals surface area contributed by atoms with Crippen molar-refractivity contribution in [3.05, 3.63) is 52.0 Å². The molecule has 0 bridgehead atoms. The third-order valence-corrected chi connectivity index (χ3v) is 7.72. The van der Waals surface area contributed by atoms with E-state index in [2.05, 4.69) is 30.1 Å². The zero-order chi connectivity index (χ0) is 16.2. The van der Waals surface area contributed by atoms with Gasteiger partial charge in [0.25, 0.3) is 10.0 Å². The van der Waals surface area contributed by atoms with Crippen LogP contribution in [-0.4, -0.2) is 24.3 Å². The van der Waals surface area contributed by atoms with Crippen molar-refractivity contribution in [3.63, 3.8) is 0 Å². The second kappa shape index (κ2) is 5.19. The molecule has 120 valence electrons. The van der Waals surface area contributed by atoms with Crippen molar-refractivity contribution in [1.82, 2.24) is 9.29 Å². The molecule has 6 heteroatoms. The van der Waals surface area contributed by atoms with Gasteiger partial charge in [-0.05, 0) is 43.2 Å². The van der Waals surface area contributed by atoms with Gasteiger partial charge in [-0.25, -0.2) is 8.42 Å². The number of benzene rings is 1. The highest BCUT2D eigenvalue weighted by atomic mass is 32.2. The van der Waals surface area contributed by atoms with Crippen LogP contribution in [0.15, 0.2) is 34.5 Å². The van der Waals surface area contributed by atoms with Gasteiger partial charge in [0.05, 0.1) is 0 Å². The lowest BCUT2D eigenvalue weighted by atomic mass is 10.1. The maximum atomic E-state index is 12.8. The van der Waals surface area contributed by atoms with Crippen LogP contribution in [0, 0.1) is 13.8 Å². The molecular weight excluding hydrogens is 328 g/mol. The number of aryl methyl sites for hydroxylation is 2. The van der Waals surface area contributed by atoms with Crippen LogP contribution >= 0.6 is 11.3 Å². The molecule has 1 N–H and O–H groups in total. The van der Waals surface area contributed by atoms with E-state index in [-0.39, 0.29) is 0 Å². The second-order valence-electron chi connectivity index (χ2n) is 6.08. The first-order chi connectivity index (χ1) is 10.9. The Morgan fingerprint density at radius 1 is 1.17 bits per heavy atom. The van der Waals surface area contributed by atoms with Crippen LogP contribution in [0.4, 0.5) is 0 Å². The molecule has 0 fully saturated rings. The number of nitrogens with one attached hydrogen (secondary N) is 1. The first-order valence-corrected chi connectivity index (χ1v) is 9.87. The number of aromatic amines is 1. The van der Waals surface area contributed by atoms with Gasteiger partial charge in [-0.1, -0.05) is 12.1 Å². The molecule has 1 aliphatic rings. The molecule has 0 saturated heterocycles. The van der Waals surface area contributed by atoms with Crippen molar-refractivity contribution in [2.24, 2.45) is 0 Å². The fourth-order valence-electron chi connectivity index (χ4n) is 3.19. The highest BCUT2D eigenvalue weighted by Gasteiger charge is 2.31. The number of thiophene rings is 1. The summed E-state index contributed by atoms with van der Waals surface area (Å²) in [6.07, 6.45) is 0.729. The Balaban J connectivity index is 1.75. The van der Waals surface area contributed by atoms with E-state index in [0.717, 1.165) is 27.8 Å². The van der Waals surface area contributed by atoms with Crippen molar-refractivity contribution >= 4 is 32.3 Å². The van der Waals surface area contributed by atoms with E-state index in [0.29, 0.717) is 17.3 Å². The minimum absolute atomic E-state index is 0.439. The monoisotopic (exact) mass is 346 g/mol. The minimum Gasteiger partial charge on any atom is -0.358 e. The average Bonchev–Trinajstić information content (AvgIpc) is 3.09. The smallest absolute Gasteiger partial charge is 0.252 e. The highest BCUT2D eigenvalue weighted by Crippen LogP contribution is 2.32. The molecule has 1 aliphatic heterocycles. The number of hydrogen-bond donors (Lipinski definition) is 1. The summed E-state index contributed by atoms with van der Waals surface area (Å²) in [5.41, 5.74) is 4.58. The van der Waals surface area contributed by atoms with Crippen molar-refractivity contribution in [3.8, 4) is 0 Å². The van der Waals surface area contributed by atoms with Crippen molar-refractivity contribution < 1.29 is 8.42 Å². The lowest BCUT2D eigenvalue weighted by Gasteiger charge is -2.25. The molecular formula is C17H18N2O2S2. The number of aromatic nitrogens is 1. The van der Waals surface area contributed by atoms with E-state index in [9.17, 15) is 8.42 Å². The van der Waals surface area contributed by atoms with Gasteiger partial charge in [-0.15, -0.1) is 11.3 Å². The van der Waals surface area contributed by atoms with Gasteiger partial charge in [-0.2, -0.15) is 4.31 Å². The molecule has 0 saturated carbocycles. The molecule has 23 heavy (non-hydrogen) atoms. The molecule has 0 radical (unpaired) electrons. The molecule has 3 heterocycles. The van der Waals surface area contributed by atoms with Crippen molar-refractivity contribution in [2.75, 3.05) is 6.54 Å². The lowest BCUT2D eigenvalue weighted by molar-refractivity contribution is 0.392. The number of H-pyrrole nitrogens is 1. The third-order valence-electron chi connectivity index (χ3n) is 4.41. The molecule has 4 rings (SSSR count). The molecule has 3 aromatic rings. The van der Waals surface area contributed by atoms with E-state index in [1.165, 1.54) is 22.6 Å². The van der Waals surface area contributed by atoms with Crippen LogP contribution in [0.1, 0.15) is 21.7 Å². The Morgan fingerprint density at radius 3 is 2.74 bits per heavy atom. The first-order valence-electron chi connectivity index (χ1n) is 7.62. The summed E-state index contributed by atoms with van der Waals surface area (Å²) < 4.78 is 27.7. The minimum atomic E-state index is -3.40. The van der Waals surface area contributed by atoms with Crippen LogP contribution in [0.25, 0.3) is 10.9 Å². The fourth-order valence-corrected chi connectivity index (χ4v) is 6.04. The summed E-state index contributed by atoms with van der Waals surface area (Å²) in [7, 11) is -3.40. The number of hydrogen-bond acceptors (Lipinski definition) is 3. The van der Waals surface area contributed by atoms with Gasteiger partial charge < -0.3 is 4.98 Å². The van der Waals surface area contributed by atoms with Crippen LogP contribution in [0.5, 0.6) is 0 Å². The van der Waals surface area contributed by atoms with Crippen LogP contribution in [0.3, 0.4) is 0 Å². The summed E-state index contributed by atoms with van der Waals surface area (Å²) in [6.45, 7) is 4.96. The lowest BCUT2D eigenvalue weighted by Crippen LogP contribution is -2.35. The van der Waals surface area contributed by atoms with Gasteiger partial charge in [0.1, 0.15) is 4.21 Å². The van der Waals surface area contributed by atoms with Crippen molar-refractivity contribution in [1.29, 1.82) is 0 Å². The Hall–Kier alpha value is -1.63. The Bertz CT molecular complexity index is 999. The van der Waals surface area contributed by atoms with E-state index in [4.69, 9.17) is 0 Å². The van der Waals surface area contributed by atoms with Crippen LogP contribution < -0.4 is 0 Å². The molecule has 0 unspecified atom stereocenters. The standard InChI is InChI=1S/C17H18N2O2S2/c1-11-3-5-13-14-10-19(8-7-15(14)18-16(13)9-11)23(20,21)17-6-4-12(2)22-17/h3-6,9,18H,7-8,10H2,1-2H3. The number of sulfonamides is 1. The Kier molecular flexibility index (Phi) is 3.37. The van der Waals surface area contributed by atoms with Gasteiger partial charge in [0.15, 0.2) is 0 Å². The summed E-state index contributed by atoms with van der Waals surface area (Å²) in [4.78, 5) is 4.47. The molecule has 0 amide bonds. The van der Waals surface area contributed by atoms with Gasteiger partial charge in [0, 0.05) is 41.0 Å². The summed E-state index contributed by atoms with van der Waals surface area (Å²) >= 11 is 1.34. The quantitative estimate of drug-likeness (QED) is 0.771. The van der Waals surface area contributed by atoms with Gasteiger partial charge in [0.2, 0.25) is 0 Å². The summed E-state index contributed by atoms with van der Waals surface area (Å²) in [6, 6.07) is 9.86. The first kappa shape index (κ1) is 14.9. The van der Waals surface area contributed by atoms with E-state index in [1.54, 1.807) is 10.4 Å². The normalized spacial score (nSPS) is 15.9. The Labute approximate surface area is 139 Å². The number of fused-ring (bicyclic) bond motifs is 3. The van der Waals surface area contributed by atoms with Gasteiger partial charge >= 0.3 is 0 Å². The number of nitrogens with zero attached hydrogens (tertiary/aromatic N) is 1. The summed E-state index contributed by atoms with van der Waals surface area (Å²) in [5.74, 6) is 0. The molecule has 4 nitrogen and oxygen atoms in total. The van der Waals surface area contributed by atoms with Crippen molar-refractivity contribution in [2.45, 2.75) is 31.0 Å². The second-order valence-corrected chi connectivity index (χ2v) is 9.54. The average molecular weight is 346 g/mol. The molecule has 0 atom stereocenters. The predicted molar refractivity (Wildman–Crippen MR) is 93.4 cm³/mol. The molecule has 1 aromatic carbocycles. The Morgan fingerprint density at radius 2 is 2.00 bits per heavy atom. The zero-order valence-corrected chi connectivity index (χ0v) is 14.7. The van der Waals surface area contributed by atoms with Gasteiger partial charge in [-0.3, -0.25) is 0 Å². The molecule has 0 spiro atoms. The zero-order valence-electron chi connectivity index (χ0n) is 13.1. The largest absolute Gasteiger partial charge is 0.358 e. The molecule has 2 aromatic heterocycles. The van der Waals surface area contributed by atoms with E-state index in [1.807, 2.05) is 13.0 Å². The predicted octanol–water partition coefficient (Wildman–Crippen LogP) is 3.59. The van der Waals surface area contributed by atoms with E-state index < -0.39 is 10.0 Å².